The van der Waals surface area contributed by atoms with E-state index in [0.717, 1.165) is 10.9 Å². The SMILES string of the molecule is Cc1c(O)ccc(/C=N/Nc2nc(-c3ccc(Cl)c(Cl)c3)nc3ccccc23)c1O. The Labute approximate surface area is 182 Å². The molecule has 3 aromatic carbocycles. The molecule has 0 fully saturated rings. The summed E-state index contributed by atoms with van der Waals surface area (Å²) in [5.41, 5.74) is 5.21. The van der Waals surface area contributed by atoms with E-state index in [0.29, 0.717) is 38.4 Å². The van der Waals surface area contributed by atoms with E-state index >= 15 is 0 Å². The van der Waals surface area contributed by atoms with Gasteiger partial charge in [0.25, 0.3) is 0 Å². The highest BCUT2D eigenvalue weighted by molar-refractivity contribution is 6.42. The van der Waals surface area contributed by atoms with Gasteiger partial charge >= 0.3 is 0 Å². The normalized spacial score (nSPS) is 11.3. The van der Waals surface area contributed by atoms with Gasteiger partial charge in [-0.1, -0.05) is 35.3 Å². The number of para-hydroxylation sites is 1. The van der Waals surface area contributed by atoms with Crippen molar-refractivity contribution in [2.75, 3.05) is 5.43 Å². The lowest BCUT2D eigenvalue weighted by Crippen LogP contribution is -1.99. The number of hydrazone groups is 1. The smallest absolute Gasteiger partial charge is 0.162 e. The summed E-state index contributed by atoms with van der Waals surface area (Å²) in [7, 11) is 0. The van der Waals surface area contributed by atoms with E-state index in [4.69, 9.17) is 23.2 Å². The molecule has 8 heteroatoms. The molecule has 4 aromatic rings. The van der Waals surface area contributed by atoms with E-state index in [9.17, 15) is 10.2 Å². The fourth-order valence-corrected chi connectivity index (χ4v) is 3.20. The quantitative estimate of drug-likeness (QED) is 0.278. The van der Waals surface area contributed by atoms with E-state index in [1.54, 1.807) is 31.2 Å². The third-order valence-corrected chi connectivity index (χ3v) is 5.33. The van der Waals surface area contributed by atoms with Crippen LogP contribution in [0.4, 0.5) is 5.82 Å². The highest BCUT2D eigenvalue weighted by atomic mass is 35.5. The molecule has 0 aliphatic carbocycles. The van der Waals surface area contributed by atoms with Crippen LogP contribution >= 0.6 is 23.2 Å². The molecule has 150 valence electrons. The van der Waals surface area contributed by atoms with Gasteiger partial charge in [0.2, 0.25) is 0 Å². The van der Waals surface area contributed by atoms with E-state index in [1.165, 1.54) is 12.3 Å². The van der Waals surface area contributed by atoms with Crippen molar-refractivity contribution in [1.29, 1.82) is 0 Å². The number of phenolic OH excluding ortho intramolecular Hbond substituents is 2. The van der Waals surface area contributed by atoms with Gasteiger partial charge in [-0.25, -0.2) is 9.97 Å². The van der Waals surface area contributed by atoms with Crippen LogP contribution in [-0.2, 0) is 0 Å². The van der Waals surface area contributed by atoms with Crippen LogP contribution in [-0.4, -0.2) is 26.4 Å². The highest BCUT2D eigenvalue weighted by Crippen LogP contribution is 2.30. The summed E-state index contributed by atoms with van der Waals surface area (Å²) in [6.07, 6.45) is 1.46. The molecule has 0 amide bonds. The summed E-state index contributed by atoms with van der Waals surface area (Å²) in [6.45, 7) is 1.62. The molecule has 3 N–H and O–H groups in total. The lowest BCUT2D eigenvalue weighted by molar-refractivity contribution is 0.442. The lowest BCUT2D eigenvalue weighted by Gasteiger charge is -2.09. The van der Waals surface area contributed by atoms with Crippen LogP contribution < -0.4 is 5.43 Å². The van der Waals surface area contributed by atoms with Gasteiger partial charge in [0.1, 0.15) is 11.5 Å². The number of rotatable bonds is 4. The molecule has 0 bridgehead atoms. The Morgan fingerprint density at radius 1 is 0.967 bits per heavy atom. The van der Waals surface area contributed by atoms with E-state index in [-0.39, 0.29) is 11.5 Å². The minimum Gasteiger partial charge on any atom is -0.508 e. The molecule has 6 nitrogen and oxygen atoms in total. The number of aromatic nitrogens is 2. The predicted octanol–water partition coefficient (Wildman–Crippen LogP) is 5.77. The molecule has 30 heavy (non-hydrogen) atoms. The van der Waals surface area contributed by atoms with Crippen molar-refractivity contribution < 1.29 is 10.2 Å². The second-order valence-corrected chi connectivity index (χ2v) is 7.37. The van der Waals surface area contributed by atoms with Crippen molar-refractivity contribution in [2.24, 2.45) is 5.10 Å². The molecular formula is C22H16Cl2N4O2. The topological polar surface area (TPSA) is 90.6 Å². The molecule has 4 rings (SSSR count). The minimum absolute atomic E-state index is 0.0191. The third-order valence-electron chi connectivity index (χ3n) is 4.59. The molecule has 1 aromatic heterocycles. The molecule has 0 saturated carbocycles. The molecule has 0 atom stereocenters. The summed E-state index contributed by atoms with van der Waals surface area (Å²) in [5.74, 6) is 0.941. The van der Waals surface area contributed by atoms with Gasteiger partial charge in [0, 0.05) is 22.1 Å². The van der Waals surface area contributed by atoms with Crippen LogP contribution in [0, 0.1) is 6.92 Å². The maximum atomic E-state index is 10.2. The minimum atomic E-state index is -0.0374. The molecule has 0 aliphatic rings. The van der Waals surface area contributed by atoms with Crippen LogP contribution in [0.3, 0.4) is 0 Å². The largest absolute Gasteiger partial charge is 0.508 e. The first-order chi connectivity index (χ1) is 14.4. The standard InChI is InChI=1S/C22H16Cl2N4O2/c1-12-19(29)9-7-14(20(12)30)11-25-28-22-15-4-2-3-5-18(15)26-21(27-22)13-6-8-16(23)17(24)10-13/h2-11,29-30H,1H3,(H,26,27,28)/b25-11+. The van der Waals surface area contributed by atoms with Gasteiger partial charge in [-0.2, -0.15) is 5.10 Å². The van der Waals surface area contributed by atoms with E-state index in [1.807, 2.05) is 24.3 Å². The Hall–Kier alpha value is -3.35. The Morgan fingerprint density at radius 3 is 2.57 bits per heavy atom. The maximum Gasteiger partial charge on any atom is 0.162 e. The number of halogens is 2. The maximum absolute atomic E-state index is 10.2. The molecular weight excluding hydrogens is 423 g/mol. The van der Waals surface area contributed by atoms with Crippen molar-refractivity contribution in [3.63, 3.8) is 0 Å². The van der Waals surface area contributed by atoms with Crippen molar-refractivity contribution >= 4 is 46.1 Å². The summed E-state index contributed by atoms with van der Waals surface area (Å²) in [4.78, 5) is 9.19. The highest BCUT2D eigenvalue weighted by Gasteiger charge is 2.11. The summed E-state index contributed by atoms with van der Waals surface area (Å²) in [5, 5.41) is 25.7. The Bertz CT molecular complexity index is 1290. The number of fused-ring (bicyclic) bond motifs is 1. The van der Waals surface area contributed by atoms with Gasteiger partial charge < -0.3 is 10.2 Å². The van der Waals surface area contributed by atoms with Crippen LogP contribution in [0.25, 0.3) is 22.3 Å². The average Bonchev–Trinajstić information content (AvgIpc) is 2.75. The molecule has 1 heterocycles. The first-order valence-corrected chi connectivity index (χ1v) is 9.72. The summed E-state index contributed by atoms with van der Waals surface area (Å²) < 4.78 is 0. The van der Waals surface area contributed by atoms with Crippen molar-refractivity contribution in [2.45, 2.75) is 6.92 Å². The number of anilines is 1. The van der Waals surface area contributed by atoms with Crippen molar-refractivity contribution in [1.82, 2.24) is 9.97 Å². The number of nitrogens with one attached hydrogen (secondary N) is 1. The fraction of sp³-hybridized carbons (Fsp3) is 0.0455. The zero-order valence-electron chi connectivity index (χ0n) is 15.8. The second-order valence-electron chi connectivity index (χ2n) is 6.56. The van der Waals surface area contributed by atoms with Gasteiger partial charge in [-0.05, 0) is 49.4 Å². The third kappa shape index (κ3) is 3.87. The van der Waals surface area contributed by atoms with E-state index in [2.05, 4.69) is 20.5 Å². The average molecular weight is 439 g/mol. The van der Waals surface area contributed by atoms with E-state index < -0.39 is 0 Å². The zero-order chi connectivity index (χ0) is 21.3. The number of nitrogens with zero attached hydrogens (tertiary/aromatic N) is 3. The lowest BCUT2D eigenvalue weighted by atomic mass is 10.1. The zero-order valence-corrected chi connectivity index (χ0v) is 17.3. The monoisotopic (exact) mass is 438 g/mol. The number of hydrogen-bond acceptors (Lipinski definition) is 6. The molecule has 0 unspecified atom stereocenters. The Balaban J connectivity index is 1.73. The second kappa shape index (κ2) is 8.18. The number of aromatic hydroxyl groups is 2. The van der Waals surface area contributed by atoms with Crippen LogP contribution in [0.15, 0.2) is 59.7 Å². The van der Waals surface area contributed by atoms with Crippen molar-refractivity contribution in [3.8, 4) is 22.9 Å². The Kier molecular flexibility index (Phi) is 5.44. The number of benzene rings is 3. The van der Waals surface area contributed by atoms with Crippen LogP contribution in [0.5, 0.6) is 11.5 Å². The van der Waals surface area contributed by atoms with Gasteiger partial charge in [-0.3, -0.25) is 5.43 Å². The van der Waals surface area contributed by atoms with Gasteiger partial charge in [0.05, 0.1) is 21.8 Å². The summed E-state index contributed by atoms with van der Waals surface area (Å²) >= 11 is 12.2. The van der Waals surface area contributed by atoms with Gasteiger partial charge in [-0.15, -0.1) is 0 Å². The molecule has 0 aliphatic heterocycles. The molecule has 0 radical (unpaired) electrons. The fourth-order valence-electron chi connectivity index (χ4n) is 2.90. The Morgan fingerprint density at radius 2 is 1.77 bits per heavy atom. The first kappa shape index (κ1) is 19.9. The van der Waals surface area contributed by atoms with Gasteiger partial charge in [0.15, 0.2) is 11.6 Å². The summed E-state index contributed by atoms with van der Waals surface area (Å²) in [6, 6.07) is 15.8. The number of hydrogen-bond donors (Lipinski definition) is 3. The number of phenols is 2. The molecule has 0 spiro atoms. The van der Waals surface area contributed by atoms with Crippen molar-refractivity contribution in [3.05, 3.63) is 75.8 Å². The van der Waals surface area contributed by atoms with Crippen LogP contribution in [0.1, 0.15) is 11.1 Å². The predicted molar refractivity (Wildman–Crippen MR) is 121 cm³/mol. The van der Waals surface area contributed by atoms with Crippen LogP contribution in [0.2, 0.25) is 10.0 Å². The first-order valence-electron chi connectivity index (χ1n) is 8.97. The molecule has 0 saturated heterocycles.